The van der Waals surface area contributed by atoms with Crippen LogP contribution in [0.4, 0.5) is 0 Å². The lowest BCUT2D eigenvalue weighted by atomic mass is 9.97. The van der Waals surface area contributed by atoms with Gasteiger partial charge in [0.25, 0.3) is 0 Å². The number of hydrogen-bond donors (Lipinski definition) is 0. The number of benzene rings is 3. The van der Waals surface area contributed by atoms with Gasteiger partial charge < -0.3 is 0 Å². The Morgan fingerprint density at radius 3 is 1.22 bits per heavy atom. The van der Waals surface area contributed by atoms with Gasteiger partial charge in [0, 0.05) is 16.7 Å². The smallest absolute Gasteiger partial charge is 0.164 e. The molecule has 0 bridgehead atoms. The SMILES string of the molecule is Cc1ccc(-c2nc(-c3ccc(C)cc3C)nc(-c3ccc(C(C)C)cc3C)n2)c(C)c1. The maximum absolute atomic E-state index is 4.95. The van der Waals surface area contributed by atoms with Crippen LogP contribution in [0.15, 0.2) is 54.6 Å². The van der Waals surface area contributed by atoms with Gasteiger partial charge in [-0.2, -0.15) is 0 Å². The predicted octanol–water partition coefficient (Wildman–Crippen LogP) is 7.54. The Morgan fingerprint density at radius 2 is 0.875 bits per heavy atom. The fraction of sp³-hybridized carbons (Fsp3) is 0.276. The van der Waals surface area contributed by atoms with Crippen molar-refractivity contribution in [2.75, 3.05) is 0 Å². The topological polar surface area (TPSA) is 38.7 Å². The number of aryl methyl sites for hydroxylation is 5. The zero-order valence-corrected chi connectivity index (χ0v) is 20.1. The number of nitrogens with zero attached hydrogens (tertiary/aromatic N) is 3. The largest absolute Gasteiger partial charge is 0.208 e. The fourth-order valence-electron chi connectivity index (χ4n) is 4.16. The molecule has 1 heterocycles. The highest BCUT2D eigenvalue weighted by molar-refractivity contribution is 5.71. The molecule has 0 radical (unpaired) electrons. The van der Waals surface area contributed by atoms with Gasteiger partial charge in [-0.15, -0.1) is 0 Å². The molecule has 3 aromatic carbocycles. The van der Waals surface area contributed by atoms with Crippen LogP contribution in [-0.2, 0) is 0 Å². The van der Waals surface area contributed by atoms with Crippen molar-refractivity contribution in [1.29, 1.82) is 0 Å². The minimum absolute atomic E-state index is 0.484. The summed E-state index contributed by atoms with van der Waals surface area (Å²) in [6.07, 6.45) is 0. The van der Waals surface area contributed by atoms with Crippen molar-refractivity contribution in [2.45, 2.75) is 54.4 Å². The van der Waals surface area contributed by atoms with E-state index in [1.165, 1.54) is 33.4 Å². The molecule has 4 rings (SSSR count). The van der Waals surface area contributed by atoms with E-state index >= 15 is 0 Å². The Labute approximate surface area is 191 Å². The molecule has 0 aliphatic carbocycles. The van der Waals surface area contributed by atoms with Crippen molar-refractivity contribution in [3.63, 3.8) is 0 Å². The molecule has 0 saturated carbocycles. The molecule has 3 nitrogen and oxygen atoms in total. The van der Waals surface area contributed by atoms with Crippen LogP contribution in [-0.4, -0.2) is 15.0 Å². The first-order valence-electron chi connectivity index (χ1n) is 11.2. The van der Waals surface area contributed by atoms with Crippen LogP contribution >= 0.6 is 0 Å². The van der Waals surface area contributed by atoms with Crippen molar-refractivity contribution in [1.82, 2.24) is 15.0 Å². The third kappa shape index (κ3) is 4.34. The highest BCUT2D eigenvalue weighted by atomic mass is 15.0. The summed E-state index contributed by atoms with van der Waals surface area (Å²) in [5, 5.41) is 0. The van der Waals surface area contributed by atoms with Crippen LogP contribution in [0.1, 0.15) is 53.1 Å². The van der Waals surface area contributed by atoms with E-state index in [9.17, 15) is 0 Å². The van der Waals surface area contributed by atoms with Crippen molar-refractivity contribution in [2.24, 2.45) is 0 Å². The Hall–Kier alpha value is -3.33. The molecule has 0 fully saturated rings. The average molecular weight is 422 g/mol. The molecule has 3 heteroatoms. The average Bonchev–Trinajstić information content (AvgIpc) is 2.73. The van der Waals surface area contributed by atoms with E-state index in [1.54, 1.807) is 0 Å². The van der Waals surface area contributed by atoms with E-state index in [-0.39, 0.29) is 0 Å². The lowest BCUT2D eigenvalue weighted by Crippen LogP contribution is -2.03. The molecule has 0 atom stereocenters. The Balaban J connectivity index is 1.96. The van der Waals surface area contributed by atoms with Crippen LogP contribution in [0.5, 0.6) is 0 Å². The van der Waals surface area contributed by atoms with Crippen molar-refractivity contribution < 1.29 is 0 Å². The van der Waals surface area contributed by atoms with Gasteiger partial charge in [-0.25, -0.2) is 15.0 Å². The molecule has 32 heavy (non-hydrogen) atoms. The van der Waals surface area contributed by atoms with Crippen LogP contribution < -0.4 is 0 Å². The van der Waals surface area contributed by atoms with E-state index in [4.69, 9.17) is 15.0 Å². The Bertz CT molecular complexity index is 1230. The third-order valence-corrected chi connectivity index (χ3v) is 6.04. The van der Waals surface area contributed by atoms with E-state index in [0.29, 0.717) is 5.92 Å². The van der Waals surface area contributed by atoms with Crippen molar-refractivity contribution >= 4 is 0 Å². The van der Waals surface area contributed by atoms with Gasteiger partial charge in [0.2, 0.25) is 0 Å². The second kappa shape index (κ2) is 8.66. The first kappa shape index (κ1) is 21.9. The van der Waals surface area contributed by atoms with Crippen molar-refractivity contribution in [3.8, 4) is 34.2 Å². The molecule has 4 aromatic rings. The van der Waals surface area contributed by atoms with Crippen LogP contribution in [0.3, 0.4) is 0 Å². The highest BCUT2D eigenvalue weighted by Crippen LogP contribution is 2.30. The van der Waals surface area contributed by atoms with Gasteiger partial charge in [0.15, 0.2) is 17.5 Å². The summed E-state index contributed by atoms with van der Waals surface area (Å²) < 4.78 is 0. The molecule has 1 aromatic heterocycles. The maximum atomic E-state index is 4.95. The highest BCUT2D eigenvalue weighted by Gasteiger charge is 2.16. The molecule has 0 amide bonds. The maximum Gasteiger partial charge on any atom is 0.164 e. The monoisotopic (exact) mass is 421 g/mol. The summed E-state index contributed by atoms with van der Waals surface area (Å²) in [5.74, 6) is 2.64. The van der Waals surface area contributed by atoms with Gasteiger partial charge in [-0.1, -0.05) is 79.6 Å². The molecule has 0 aliphatic heterocycles. The molecular formula is C29H31N3. The zero-order chi connectivity index (χ0) is 23.0. The second-order valence-corrected chi connectivity index (χ2v) is 9.17. The Kier molecular flexibility index (Phi) is 5.92. The first-order chi connectivity index (χ1) is 15.2. The van der Waals surface area contributed by atoms with Crippen LogP contribution in [0.2, 0.25) is 0 Å². The van der Waals surface area contributed by atoms with Gasteiger partial charge in [0.05, 0.1) is 0 Å². The van der Waals surface area contributed by atoms with Gasteiger partial charge in [0.1, 0.15) is 0 Å². The summed E-state index contributed by atoms with van der Waals surface area (Å²) >= 11 is 0. The van der Waals surface area contributed by atoms with E-state index < -0.39 is 0 Å². The van der Waals surface area contributed by atoms with E-state index in [1.807, 2.05) is 0 Å². The summed E-state index contributed by atoms with van der Waals surface area (Å²) in [5.41, 5.74) is 10.4. The standard InChI is InChI=1S/C29H31N3/c1-17(2)23-10-13-26(22(7)16-23)29-31-27(24-11-8-18(3)14-20(24)5)30-28(32-29)25-12-9-19(4)15-21(25)6/h8-17H,1-7H3. The first-order valence-corrected chi connectivity index (χ1v) is 11.2. The molecule has 0 saturated heterocycles. The number of hydrogen-bond acceptors (Lipinski definition) is 3. The van der Waals surface area contributed by atoms with Gasteiger partial charge in [-0.05, 0) is 62.8 Å². The molecule has 0 unspecified atom stereocenters. The minimum Gasteiger partial charge on any atom is -0.208 e. The van der Waals surface area contributed by atoms with Gasteiger partial charge >= 0.3 is 0 Å². The third-order valence-electron chi connectivity index (χ3n) is 6.04. The zero-order valence-electron chi connectivity index (χ0n) is 20.1. The Morgan fingerprint density at radius 1 is 0.500 bits per heavy atom. The number of rotatable bonds is 4. The number of aromatic nitrogens is 3. The van der Waals surface area contributed by atoms with Crippen molar-refractivity contribution in [3.05, 3.63) is 88.0 Å². The van der Waals surface area contributed by atoms with Crippen LogP contribution in [0, 0.1) is 34.6 Å². The summed E-state index contributed by atoms with van der Waals surface area (Å²) in [7, 11) is 0. The lowest BCUT2D eigenvalue weighted by Gasteiger charge is -2.14. The summed E-state index contributed by atoms with van der Waals surface area (Å²) in [6, 6.07) is 19.4. The lowest BCUT2D eigenvalue weighted by molar-refractivity contribution is 0.865. The fourth-order valence-corrected chi connectivity index (χ4v) is 4.16. The van der Waals surface area contributed by atoms with Crippen LogP contribution in [0.25, 0.3) is 34.2 Å². The normalized spacial score (nSPS) is 11.2. The molecule has 0 N–H and O–H groups in total. The predicted molar refractivity (Wildman–Crippen MR) is 134 cm³/mol. The quantitative estimate of drug-likeness (QED) is 0.342. The minimum atomic E-state index is 0.484. The molecule has 162 valence electrons. The molecular weight excluding hydrogens is 390 g/mol. The summed E-state index contributed by atoms with van der Waals surface area (Å²) in [6.45, 7) is 15.0. The molecule has 0 spiro atoms. The second-order valence-electron chi connectivity index (χ2n) is 9.17. The van der Waals surface area contributed by atoms with E-state index in [0.717, 1.165) is 34.2 Å². The van der Waals surface area contributed by atoms with E-state index in [2.05, 4.69) is 103 Å². The molecule has 0 aliphatic rings. The van der Waals surface area contributed by atoms with Gasteiger partial charge in [-0.3, -0.25) is 0 Å². The summed E-state index contributed by atoms with van der Waals surface area (Å²) in [4.78, 5) is 14.8.